The van der Waals surface area contributed by atoms with Crippen LogP contribution < -0.4 is 0 Å². The fourth-order valence-corrected chi connectivity index (χ4v) is 2.34. The van der Waals surface area contributed by atoms with Crippen molar-refractivity contribution >= 4 is 6.29 Å². The van der Waals surface area contributed by atoms with Gasteiger partial charge in [0.1, 0.15) is 11.5 Å². The molecule has 2 aromatic rings. The van der Waals surface area contributed by atoms with Gasteiger partial charge in [0, 0.05) is 24.2 Å². The van der Waals surface area contributed by atoms with Gasteiger partial charge in [-0.05, 0) is 31.4 Å². The van der Waals surface area contributed by atoms with Crippen LogP contribution in [0.3, 0.4) is 0 Å². The number of benzene rings is 2. The average Bonchev–Trinajstić information content (AvgIpc) is 2.63. The molecule has 0 saturated carbocycles. The maximum atomic E-state index is 11.1. The fraction of sp³-hybridized carbons (Fsp3) is 0.286. The molecule has 130 valence electrons. The number of aldehydes is 1. The minimum absolute atomic E-state index is 0.0679. The van der Waals surface area contributed by atoms with Crippen LogP contribution in [0.25, 0.3) is 0 Å². The van der Waals surface area contributed by atoms with Gasteiger partial charge in [-0.3, -0.25) is 4.79 Å². The van der Waals surface area contributed by atoms with Crippen LogP contribution in [0.1, 0.15) is 46.3 Å². The molecule has 0 bridgehead atoms. The maximum Gasteiger partial charge on any atom is 0.155 e. The van der Waals surface area contributed by atoms with Gasteiger partial charge < -0.3 is 14.9 Å². The standard InChI is InChI=1S/C21H22O4/c1-16-20(23)13-18(19(14-22)21(16)24)11-7-2-3-8-12-25-15-17-9-5-4-6-10-17/h4-6,9-10,13-14,23-24H,2-3,8,12,15H2,1H3. The van der Waals surface area contributed by atoms with Gasteiger partial charge in [0.25, 0.3) is 0 Å². The molecule has 25 heavy (non-hydrogen) atoms. The SMILES string of the molecule is Cc1c(O)cc(C#CCCCCOCc2ccccc2)c(C=O)c1O. The monoisotopic (exact) mass is 338 g/mol. The molecular formula is C21H22O4. The number of unbranched alkanes of at least 4 members (excludes halogenated alkanes) is 2. The van der Waals surface area contributed by atoms with E-state index in [-0.39, 0.29) is 22.6 Å². The van der Waals surface area contributed by atoms with Gasteiger partial charge in [-0.25, -0.2) is 0 Å². The quantitative estimate of drug-likeness (QED) is 0.456. The second-order valence-corrected chi connectivity index (χ2v) is 5.75. The van der Waals surface area contributed by atoms with Crippen molar-refractivity contribution in [1.82, 2.24) is 0 Å². The highest BCUT2D eigenvalue weighted by Gasteiger charge is 2.12. The first-order chi connectivity index (χ1) is 12.1. The molecule has 2 N–H and O–H groups in total. The third kappa shape index (κ3) is 5.37. The van der Waals surface area contributed by atoms with Crippen molar-refractivity contribution in [3.05, 3.63) is 58.7 Å². The molecule has 0 aromatic heterocycles. The summed E-state index contributed by atoms with van der Waals surface area (Å²) in [5, 5.41) is 19.6. The summed E-state index contributed by atoms with van der Waals surface area (Å²) in [6.45, 7) is 2.82. The number of aromatic hydroxyl groups is 2. The predicted molar refractivity (Wildman–Crippen MR) is 96.7 cm³/mol. The number of carbonyl (C=O) groups is 1. The number of hydrogen-bond acceptors (Lipinski definition) is 4. The van der Waals surface area contributed by atoms with E-state index in [1.165, 1.54) is 6.07 Å². The van der Waals surface area contributed by atoms with E-state index in [0.717, 1.165) is 18.4 Å². The average molecular weight is 338 g/mol. The molecule has 0 atom stereocenters. The molecule has 2 aromatic carbocycles. The van der Waals surface area contributed by atoms with E-state index >= 15 is 0 Å². The van der Waals surface area contributed by atoms with Crippen LogP contribution in [-0.4, -0.2) is 23.1 Å². The molecule has 0 unspecified atom stereocenters. The number of carbonyl (C=O) groups excluding carboxylic acids is 1. The van der Waals surface area contributed by atoms with E-state index in [1.807, 2.05) is 30.3 Å². The Morgan fingerprint density at radius 1 is 1.16 bits per heavy atom. The molecule has 4 nitrogen and oxygen atoms in total. The normalized spacial score (nSPS) is 10.1. The highest BCUT2D eigenvalue weighted by atomic mass is 16.5. The minimum atomic E-state index is -0.214. The Kier molecular flexibility index (Phi) is 7.06. The van der Waals surface area contributed by atoms with Crippen LogP contribution >= 0.6 is 0 Å². The largest absolute Gasteiger partial charge is 0.507 e. The highest BCUT2D eigenvalue weighted by molar-refractivity contribution is 5.85. The lowest BCUT2D eigenvalue weighted by atomic mass is 10.0. The molecule has 0 fully saturated rings. The minimum Gasteiger partial charge on any atom is -0.507 e. The van der Waals surface area contributed by atoms with Gasteiger partial charge in [-0.1, -0.05) is 42.2 Å². The van der Waals surface area contributed by atoms with Crippen molar-refractivity contribution in [3.8, 4) is 23.3 Å². The Hall–Kier alpha value is -2.77. The molecule has 0 aliphatic carbocycles. The van der Waals surface area contributed by atoms with Crippen molar-refractivity contribution in [2.75, 3.05) is 6.61 Å². The fourth-order valence-electron chi connectivity index (χ4n) is 2.34. The molecule has 0 heterocycles. The third-order valence-electron chi connectivity index (χ3n) is 3.86. The van der Waals surface area contributed by atoms with Gasteiger partial charge in [0.05, 0.1) is 12.2 Å². The van der Waals surface area contributed by atoms with Crippen LogP contribution in [0.15, 0.2) is 36.4 Å². The molecule has 4 heteroatoms. The van der Waals surface area contributed by atoms with Gasteiger partial charge in [-0.15, -0.1) is 0 Å². The third-order valence-corrected chi connectivity index (χ3v) is 3.86. The summed E-state index contributed by atoms with van der Waals surface area (Å²) < 4.78 is 5.61. The van der Waals surface area contributed by atoms with Crippen molar-refractivity contribution < 1.29 is 19.7 Å². The molecule has 0 amide bonds. The van der Waals surface area contributed by atoms with Gasteiger partial charge >= 0.3 is 0 Å². The Bertz CT molecular complexity index is 770. The molecule has 0 radical (unpaired) electrons. The first-order valence-corrected chi connectivity index (χ1v) is 8.24. The first kappa shape index (κ1) is 18.6. The summed E-state index contributed by atoms with van der Waals surface area (Å²) in [6.07, 6.45) is 2.99. The Balaban J connectivity index is 1.77. The molecule has 0 spiro atoms. The summed E-state index contributed by atoms with van der Waals surface area (Å²) in [5.41, 5.74) is 1.90. The topological polar surface area (TPSA) is 66.8 Å². The lowest BCUT2D eigenvalue weighted by Crippen LogP contribution is -1.95. The van der Waals surface area contributed by atoms with Crippen LogP contribution in [0.4, 0.5) is 0 Å². The molecule has 2 rings (SSSR count). The number of hydrogen-bond donors (Lipinski definition) is 2. The molecule has 0 aliphatic rings. The highest BCUT2D eigenvalue weighted by Crippen LogP contribution is 2.31. The Morgan fingerprint density at radius 2 is 1.92 bits per heavy atom. The smallest absolute Gasteiger partial charge is 0.155 e. The van der Waals surface area contributed by atoms with Crippen LogP contribution in [-0.2, 0) is 11.3 Å². The second-order valence-electron chi connectivity index (χ2n) is 5.75. The zero-order chi connectivity index (χ0) is 18.1. The summed E-state index contributed by atoms with van der Waals surface area (Å²) in [6, 6.07) is 11.4. The van der Waals surface area contributed by atoms with E-state index in [2.05, 4.69) is 11.8 Å². The second kappa shape index (κ2) is 9.51. The van der Waals surface area contributed by atoms with Gasteiger partial charge in [0.15, 0.2) is 6.29 Å². The van der Waals surface area contributed by atoms with E-state index in [9.17, 15) is 15.0 Å². The summed E-state index contributed by atoms with van der Waals surface area (Å²) >= 11 is 0. The zero-order valence-electron chi connectivity index (χ0n) is 14.3. The predicted octanol–water partition coefficient (Wildman–Crippen LogP) is 3.96. The van der Waals surface area contributed by atoms with Crippen molar-refractivity contribution in [3.63, 3.8) is 0 Å². The van der Waals surface area contributed by atoms with Crippen LogP contribution in [0.2, 0.25) is 0 Å². The maximum absolute atomic E-state index is 11.1. The van der Waals surface area contributed by atoms with E-state index in [1.54, 1.807) is 6.92 Å². The molecule has 0 saturated heterocycles. The van der Waals surface area contributed by atoms with Gasteiger partial charge in [0.2, 0.25) is 0 Å². The summed E-state index contributed by atoms with van der Waals surface area (Å²) in [7, 11) is 0. The summed E-state index contributed by atoms with van der Waals surface area (Å²) in [4.78, 5) is 11.1. The molecular weight excluding hydrogens is 316 g/mol. The van der Waals surface area contributed by atoms with Crippen molar-refractivity contribution in [1.29, 1.82) is 0 Å². The first-order valence-electron chi connectivity index (χ1n) is 8.24. The van der Waals surface area contributed by atoms with Crippen LogP contribution in [0, 0.1) is 18.8 Å². The van der Waals surface area contributed by atoms with E-state index in [4.69, 9.17) is 4.74 Å². The van der Waals surface area contributed by atoms with Crippen molar-refractivity contribution in [2.45, 2.75) is 32.8 Å². The Labute approximate surface area is 148 Å². The number of ether oxygens (including phenoxy) is 1. The number of phenolic OH excluding ortho intramolecular Hbond substituents is 2. The number of rotatable bonds is 7. The van der Waals surface area contributed by atoms with Crippen LogP contribution in [0.5, 0.6) is 11.5 Å². The lowest BCUT2D eigenvalue weighted by Gasteiger charge is -2.06. The molecule has 0 aliphatic heterocycles. The van der Waals surface area contributed by atoms with E-state index in [0.29, 0.717) is 31.5 Å². The Morgan fingerprint density at radius 3 is 2.64 bits per heavy atom. The lowest BCUT2D eigenvalue weighted by molar-refractivity contribution is 0.112. The van der Waals surface area contributed by atoms with Gasteiger partial charge in [-0.2, -0.15) is 0 Å². The zero-order valence-corrected chi connectivity index (χ0v) is 14.3. The van der Waals surface area contributed by atoms with Crippen molar-refractivity contribution in [2.24, 2.45) is 0 Å². The number of phenols is 2. The summed E-state index contributed by atoms with van der Waals surface area (Å²) in [5.74, 6) is 5.54. The van der Waals surface area contributed by atoms with E-state index < -0.39 is 0 Å².